The van der Waals surface area contributed by atoms with Crippen molar-refractivity contribution in [2.75, 3.05) is 6.61 Å². The summed E-state index contributed by atoms with van der Waals surface area (Å²) in [6.45, 7) is 3.24. The number of nitrogens with one attached hydrogen (secondary N) is 1. The van der Waals surface area contributed by atoms with Crippen LogP contribution >= 0.6 is 27.3 Å². The van der Waals surface area contributed by atoms with Crippen LogP contribution in [0, 0.1) is 6.92 Å². The Morgan fingerprint density at radius 2 is 2.36 bits per heavy atom. The Hall–Kier alpha value is 0.100. The van der Waals surface area contributed by atoms with Crippen LogP contribution in [-0.4, -0.2) is 17.3 Å². The summed E-state index contributed by atoms with van der Waals surface area (Å²) in [5.74, 6) is 0. The van der Waals surface area contributed by atoms with Crippen LogP contribution in [-0.2, 0) is 6.54 Å². The molecule has 1 aromatic heterocycles. The molecule has 0 amide bonds. The lowest BCUT2D eigenvalue weighted by Gasteiger charge is -2.12. The van der Waals surface area contributed by atoms with E-state index in [0.29, 0.717) is 0 Å². The van der Waals surface area contributed by atoms with Gasteiger partial charge in [0.15, 0.2) is 0 Å². The second-order valence-electron chi connectivity index (χ2n) is 3.96. The Labute approximate surface area is 96.5 Å². The van der Waals surface area contributed by atoms with Gasteiger partial charge in [0, 0.05) is 17.0 Å². The van der Waals surface area contributed by atoms with E-state index in [4.69, 9.17) is 5.11 Å². The Morgan fingerprint density at radius 3 is 2.79 bits per heavy atom. The van der Waals surface area contributed by atoms with Crippen molar-refractivity contribution in [3.63, 3.8) is 0 Å². The molecular weight excluding hydrogens is 262 g/mol. The number of rotatable bonds is 4. The lowest BCUT2D eigenvalue weighted by Crippen LogP contribution is -2.33. The van der Waals surface area contributed by atoms with Crippen LogP contribution in [0.5, 0.6) is 0 Å². The summed E-state index contributed by atoms with van der Waals surface area (Å²) in [5, 5.41) is 12.5. The Kier molecular flexibility index (Phi) is 2.98. The normalized spacial score (nSPS) is 18.5. The molecule has 0 saturated heterocycles. The van der Waals surface area contributed by atoms with Crippen LogP contribution in [0.3, 0.4) is 0 Å². The van der Waals surface area contributed by atoms with Crippen LogP contribution in [0.4, 0.5) is 0 Å². The van der Waals surface area contributed by atoms with E-state index in [0.717, 1.165) is 19.4 Å². The average Bonchev–Trinajstić information content (AvgIpc) is 2.88. The number of hydrogen-bond donors (Lipinski definition) is 2. The first-order chi connectivity index (χ1) is 6.65. The van der Waals surface area contributed by atoms with E-state index >= 15 is 0 Å². The minimum Gasteiger partial charge on any atom is -0.394 e. The third-order valence-corrected chi connectivity index (χ3v) is 4.84. The number of aliphatic hydroxyl groups is 1. The standard InChI is InChI=1S/C10H14BrNOS/c1-7-4-8(14-9(7)11)5-12-10(6-13)2-3-10/h4,12-13H,2-3,5-6H2,1H3. The Bertz CT molecular complexity index is 313. The topological polar surface area (TPSA) is 32.3 Å². The largest absolute Gasteiger partial charge is 0.394 e. The number of aryl methyl sites for hydroxylation is 1. The van der Waals surface area contributed by atoms with Crippen molar-refractivity contribution in [3.8, 4) is 0 Å². The van der Waals surface area contributed by atoms with Gasteiger partial charge in [-0.25, -0.2) is 0 Å². The van der Waals surface area contributed by atoms with Crippen LogP contribution in [0.1, 0.15) is 23.3 Å². The molecule has 1 aliphatic rings. The second kappa shape index (κ2) is 3.93. The lowest BCUT2D eigenvalue weighted by molar-refractivity contribution is 0.230. The highest BCUT2D eigenvalue weighted by atomic mass is 79.9. The predicted octanol–water partition coefficient (Wildman–Crippen LogP) is 2.43. The molecule has 2 nitrogen and oxygen atoms in total. The summed E-state index contributed by atoms with van der Waals surface area (Å²) in [7, 11) is 0. The summed E-state index contributed by atoms with van der Waals surface area (Å²) in [4.78, 5) is 1.33. The van der Waals surface area contributed by atoms with Crippen molar-refractivity contribution in [3.05, 3.63) is 20.3 Å². The Morgan fingerprint density at radius 1 is 1.64 bits per heavy atom. The maximum atomic E-state index is 9.13. The van der Waals surface area contributed by atoms with Gasteiger partial charge in [0.05, 0.1) is 10.4 Å². The number of halogens is 1. The molecule has 2 N–H and O–H groups in total. The number of hydrogen-bond acceptors (Lipinski definition) is 3. The third kappa shape index (κ3) is 2.19. The zero-order chi connectivity index (χ0) is 10.2. The van der Waals surface area contributed by atoms with Crippen molar-refractivity contribution in [2.45, 2.75) is 31.8 Å². The van der Waals surface area contributed by atoms with Crippen LogP contribution in [0.25, 0.3) is 0 Å². The van der Waals surface area contributed by atoms with E-state index < -0.39 is 0 Å². The van der Waals surface area contributed by atoms with E-state index in [1.807, 2.05) is 0 Å². The predicted molar refractivity (Wildman–Crippen MR) is 62.6 cm³/mol. The lowest BCUT2D eigenvalue weighted by atomic mass is 10.3. The van der Waals surface area contributed by atoms with Gasteiger partial charge in [0.1, 0.15) is 0 Å². The summed E-state index contributed by atoms with van der Waals surface area (Å²) in [6, 6.07) is 2.19. The van der Waals surface area contributed by atoms with Gasteiger partial charge in [-0.15, -0.1) is 11.3 Å². The average molecular weight is 276 g/mol. The van der Waals surface area contributed by atoms with Gasteiger partial charge in [-0.05, 0) is 47.3 Å². The van der Waals surface area contributed by atoms with Crippen molar-refractivity contribution in [1.82, 2.24) is 5.32 Å². The fourth-order valence-electron chi connectivity index (χ4n) is 1.43. The van der Waals surface area contributed by atoms with Gasteiger partial charge in [-0.2, -0.15) is 0 Å². The molecule has 0 unspecified atom stereocenters. The molecule has 1 fully saturated rings. The van der Waals surface area contributed by atoms with E-state index in [-0.39, 0.29) is 12.1 Å². The van der Waals surface area contributed by atoms with Crippen molar-refractivity contribution < 1.29 is 5.11 Å². The quantitative estimate of drug-likeness (QED) is 0.885. The molecule has 0 spiro atoms. The summed E-state index contributed by atoms with van der Waals surface area (Å²) in [5.41, 5.74) is 1.34. The monoisotopic (exact) mass is 275 g/mol. The molecule has 0 aliphatic heterocycles. The zero-order valence-electron chi connectivity index (χ0n) is 8.14. The molecule has 1 aromatic rings. The Balaban J connectivity index is 1.92. The zero-order valence-corrected chi connectivity index (χ0v) is 10.5. The maximum Gasteiger partial charge on any atom is 0.0730 e. The fourth-order valence-corrected chi connectivity index (χ4v) is 3.00. The SMILES string of the molecule is Cc1cc(CNC2(CO)CC2)sc1Br. The minimum atomic E-state index is 0.0460. The van der Waals surface area contributed by atoms with Gasteiger partial charge < -0.3 is 10.4 Å². The van der Waals surface area contributed by atoms with Gasteiger partial charge in [-0.1, -0.05) is 0 Å². The van der Waals surface area contributed by atoms with Crippen LogP contribution in [0.2, 0.25) is 0 Å². The summed E-state index contributed by atoms with van der Waals surface area (Å²) >= 11 is 5.28. The smallest absolute Gasteiger partial charge is 0.0730 e. The highest BCUT2D eigenvalue weighted by Gasteiger charge is 2.41. The summed E-state index contributed by atoms with van der Waals surface area (Å²) < 4.78 is 1.21. The summed E-state index contributed by atoms with van der Waals surface area (Å²) in [6.07, 6.45) is 2.21. The van der Waals surface area contributed by atoms with Gasteiger partial charge in [0.2, 0.25) is 0 Å². The molecule has 1 aliphatic carbocycles. The first-order valence-electron chi connectivity index (χ1n) is 4.76. The van der Waals surface area contributed by atoms with Crippen molar-refractivity contribution in [2.24, 2.45) is 0 Å². The molecule has 0 bridgehead atoms. The third-order valence-electron chi connectivity index (χ3n) is 2.70. The van der Waals surface area contributed by atoms with E-state index in [9.17, 15) is 0 Å². The molecule has 0 aromatic carbocycles. The van der Waals surface area contributed by atoms with Gasteiger partial charge in [0.25, 0.3) is 0 Å². The molecule has 0 atom stereocenters. The number of aliphatic hydroxyl groups excluding tert-OH is 1. The van der Waals surface area contributed by atoms with Gasteiger partial charge in [-0.3, -0.25) is 0 Å². The highest BCUT2D eigenvalue weighted by Crippen LogP contribution is 2.35. The molecule has 78 valence electrons. The van der Waals surface area contributed by atoms with E-state index in [1.165, 1.54) is 14.2 Å². The first-order valence-corrected chi connectivity index (χ1v) is 6.37. The van der Waals surface area contributed by atoms with Crippen LogP contribution in [0.15, 0.2) is 9.85 Å². The van der Waals surface area contributed by atoms with E-state index in [1.54, 1.807) is 11.3 Å². The fraction of sp³-hybridized carbons (Fsp3) is 0.600. The van der Waals surface area contributed by atoms with Crippen molar-refractivity contribution >= 4 is 27.3 Å². The molecule has 1 heterocycles. The molecule has 14 heavy (non-hydrogen) atoms. The van der Waals surface area contributed by atoms with Gasteiger partial charge >= 0.3 is 0 Å². The van der Waals surface area contributed by atoms with Crippen molar-refractivity contribution in [1.29, 1.82) is 0 Å². The molecule has 4 heteroatoms. The first kappa shape index (κ1) is 10.6. The molecule has 1 saturated carbocycles. The highest BCUT2D eigenvalue weighted by molar-refractivity contribution is 9.11. The molecule has 0 radical (unpaired) electrons. The maximum absolute atomic E-state index is 9.13. The second-order valence-corrected chi connectivity index (χ2v) is 6.42. The minimum absolute atomic E-state index is 0.0460. The van der Waals surface area contributed by atoms with E-state index in [2.05, 4.69) is 34.2 Å². The molecular formula is C10H14BrNOS. The number of thiophene rings is 1. The van der Waals surface area contributed by atoms with Crippen LogP contribution < -0.4 is 5.32 Å². The molecule has 2 rings (SSSR count).